The van der Waals surface area contributed by atoms with Crippen LogP contribution in [-0.2, 0) is 19.9 Å². The number of carboxylic acids is 2. The van der Waals surface area contributed by atoms with Crippen molar-refractivity contribution >= 4 is 23.5 Å². The Morgan fingerprint density at radius 2 is 1.41 bits per heavy atom. The Morgan fingerprint density at radius 1 is 0.848 bits per heavy atom. The predicted molar refractivity (Wildman–Crippen MR) is 170 cm³/mol. The van der Waals surface area contributed by atoms with Gasteiger partial charge in [-0.1, -0.05) is 84.6 Å². The van der Waals surface area contributed by atoms with Crippen LogP contribution in [0.4, 0.5) is 0 Å². The average molecular weight is 632 g/mol. The van der Waals surface area contributed by atoms with E-state index in [2.05, 4.69) is 0 Å². The van der Waals surface area contributed by atoms with E-state index in [-0.39, 0.29) is 17.5 Å². The van der Waals surface area contributed by atoms with Crippen LogP contribution in [0.15, 0.2) is 72.8 Å². The topological polar surface area (TPSA) is 151 Å². The van der Waals surface area contributed by atoms with Crippen molar-refractivity contribution in [3.8, 4) is 5.75 Å². The minimum atomic E-state index is -3.90. The number of methoxy groups -OCH3 is 1. The van der Waals surface area contributed by atoms with E-state index in [4.69, 9.17) is 9.47 Å². The molecule has 0 heterocycles. The van der Waals surface area contributed by atoms with Crippen LogP contribution >= 0.6 is 0 Å². The monoisotopic (exact) mass is 631 g/mol. The predicted octanol–water partition coefficient (Wildman–Crippen LogP) is 4.68. The summed E-state index contributed by atoms with van der Waals surface area (Å²) in [6.07, 6.45) is 1.99. The second kappa shape index (κ2) is 13.5. The third-order valence-electron chi connectivity index (χ3n) is 8.89. The number of nitrogens with zero attached hydrogens (tertiary/aromatic N) is 1. The van der Waals surface area contributed by atoms with Crippen molar-refractivity contribution in [1.29, 1.82) is 0 Å². The molecule has 0 bridgehead atoms. The van der Waals surface area contributed by atoms with Crippen molar-refractivity contribution in [2.75, 3.05) is 27.7 Å². The van der Waals surface area contributed by atoms with Gasteiger partial charge in [-0.2, -0.15) is 0 Å². The molecule has 2 unspecified atom stereocenters. The molecule has 0 aromatic heterocycles. The molecule has 46 heavy (non-hydrogen) atoms. The fourth-order valence-corrected chi connectivity index (χ4v) is 6.44. The number of carboxylic acid groups (broad SMARTS) is 2. The Hall–Kier alpha value is -4.38. The fraction of sp³-hybridized carbons (Fsp3) is 0.389. The molecule has 3 N–H and O–H groups in total. The van der Waals surface area contributed by atoms with Gasteiger partial charge in [-0.15, -0.1) is 0 Å². The number of ether oxygens (including phenoxy) is 2. The van der Waals surface area contributed by atoms with Crippen LogP contribution in [0.2, 0.25) is 0 Å². The zero-order chi connectivity index (χ0) is 33.9. The van der Waals surface area contributed by atoms with Crippen LogP contribution in [0.5, 0.6) is 5.75 Å². The number of aliphatic carboxylic acids is 2. The van der Waals surface area contributed by atoms with E-state index >= 15 is 0 Å². The van der Waals surface area contributed by atoms with Gasteiger partial charge in [0.2, 0.25) is 11.6 Å². The molecule has 10 nitrogen and oxygen atoms in total. The molecule has 4 atom stereocenters. The first-order valence-corrected chi connectivity index (χ1v) is 15.1. The SMILES string of the molecule is COc1cccc([C@]2(OC(C(=O)O)(C(=O)c3ccc(C)cc3)C(O)(C(=O)O)C(=O)c3ccc(C)cc3)CCCC[C@H]2CN(C)C)c1. The number of hydrogen-bond donors (Lipinski definition) is 3. The smallest absolute Gasteiger partial charge is 0.348 e. The van der Waals surface area contributed by atoms with Gasteiger partial charge in [-0.05, 0) is 58.5 Å². The maximum Gasteiger partial charge on any atom is 0.348 e. The lowest BCUT2D eigenvalue weighted by Crippen LogP contribution is -2.74. The van der Waals surface area contributed by atoms with Crippen LogP contribution in [-0.4, -0.2) is 82.7 Å². The number of carbonyl (C=O) groups excluding carboxylic acids is 2. The van der Waals surface area contributed by atoms with Crippen LogP contribution in [0, 0.1) is 19.8 Å². The van der Waals surface area contributed by atoms with E-state index in [0.717, 1.165) is 17.5 Å². The molecular weight excluding hydrogens is 590 g/mol. The lowest BCUT2D eigenvalue weighted by Gasteiger charge is -2.51. The molecule has 0 spiro atoms. The summed E-state index contributed by atoms with van der Waals surface area (Å²) in [6.45, 7) is 3.87. The summed E-state index contributed by atoms with van der Waals surface area (Å²) < 4.78 is 12.2. The van der Waals surface area contributed by atoms with Gasteiger partial charge in [-0.25, -0.2) is 9.59 Å². The van der Waals surface area contributed by atoms with Gasteiger partial charge in [-0.3, -0.25) is 9.59 Å². The second-order valence-electron chi connectivity index (χ2n) is 12.3. The number of ketones is 2. The highest BCUT2D eigenvalue weighted by Crippen LogP contribution is 2.51. The maximum absolute atomic E-state index is 14.7. The van der Waals surface area contributed by atoms with Gasteiger partial charge < -0.3 is 29.7 Å². The van der Waals surface area contributed by atoms with Crippen molar-refractivity contribution in [3.63, 3.8) is 0 Å². The van der Waals surface area contributed by atoms with Crippen LogP contribution in [0.25, 0.3) is 0 Å². The van der Waals surface area contributed by atoms with Gasteiger partial charge in [0.1, 0.15) is 5.75 Å². The number of benzene rings is 3. The number of carbonyl (C=O) groups is 4. The Balaban J connectivity index is 2.12. The Bertz CT molecular complexity index is 1600. The minimum absolute atomic E-state index is 0.170. The van der Waals surface area contributed by atoms with Gasteiger partial charge in [0, 0.05) is 23.6 Å². The molecule has 1 aliphatic rings. The molecular formula is C36H41NO9. The number of aliphatic hydroxyl groups is 1. The Labute approximate surface area is 268 Å². The third kappa shape index (κ3) is 6.08. The first-order valence-electron chi connectivity index (χ1n) is 15.1. The highest BCUT2D eigenvalue weighted by atomic mass is 16.6. The van der Waals surface area contributed by atoms with Gasteiger partial charge >= 0.3 is 11.9 Å². The van der Waals surface area contributed by atoms with Crippen molar-refractivity contribution < 1.29 is 44.0 Å². The van der Waals surface area contributed by atoms with Crippen LogP contribution < -0.4 is 4.74 Å². The molecule has 244 valence electrons. The molecule has 1 aliphatic carbocycles. The minimum Gasteiger partial charge on any atom is -0.497 e. The Morgan fingerprint density at radius 3 is 1.91 bits per heavy atom. The molecule has 3 aromatic rings. The summed E-state index contributed by atoms with van der Waals surface area (Å²) in [4.78, 5) is 58.0. The zero-order valence-corrected chi connectivity index (χ0v) is 26.8. The van der Waals surface area contributed by atoms with E-state index < -0.39 is 46.2 Å². The highest BCUT2D eigenvalue weighted by Gasteiger charge is 2.74. The van der Waals surface area contributed by atoms with Crippen molar-refractivity contribution in [2.45, 2.75) is 56.3 Å². The molecule has 0 saturated heterocycles. The quantitative estimate of drug-likeness (QED) is 0.179. The van der Waals surface area contributed by atoms with E-state index in [1.165, 1.54) is 43.5 Å². The van der Waals surface area contributed by atoms with Crippen LogP contribution in [0.1, 0.15) is 63.1 Å². The molecule has 3 aromatic carbocycles. The third-order valence-corrected chi connectivity index (χ3v) is 8.89. The van der Waals surface area contributed by atoms with E-state index in [1.54, 1.807) is 50.2 Å². The van der Waals surface area contributed by atoms with Gasteiger partial charge in [0.25, 0.3) is 11.2 Å². The highest BCUT2D eigenvalue weighted by molar-refractivity contribution is 6.28. The maximum atomic E-state index is 14.7. The molecule has 1 fully saturated rings. The summed E-state index contributed by atoms with van der Waals surface area (Å²) in [5, 5.41) is 34.2. The number of aryl methyl sites for hydroxylation is 2. The normalized spacial score (nSPS) is 20.7. The molecule has 0 aliphatic heterocycles. The summed E-state index contributed by atoms with van der Waals surface area (Å²) in [5.41, 5.74) is -7.83. The zero-order valence-electron chi connectivity index (χ0n) is 26.8. The largest absolute Gasteiger partial charge is 0.497 e. The summed E-state index contributed by atoms with van der Waals surface area (Å²) >= 11 is 0. The number of Topliss-reactive ketones (excluding diaryl/α,β-unsaturated/α-hetero) is 2. The first-order chi connectivity index (χ1) is 21.7. The Kier molecular flexibility index (Phi) is 10.2. The van der Waals surface area contributed by atoms with Gasteiger partial charge in [0.05, 0.1) is 12.7 Å². The van der Waals surface area contributed by atoms with Gasteiger partial charge in [0.15, 0.2) is 0 Å². The summed E-state index contributed by atoms with van der Waals surface area (Å²) in [6, 6.07) is 18.1. The molecule has 4 rings (SSSR count). The van der Waals surface area contributed by atoms with E-state index in [1.807, 2.05) is 19.0 Å². The lowest BCUT2D eigenvalue weighted by molar-refractivity contribution is -0.241. The fourth-order valence-electron chi connectivity index (χ4n) is 6.44. The lowest BCUT2D eigenvalue weighted by atomic mass is 9.67. The van der Waals surface area contributed by atoms with Crippen molar-refractivity contribution in [3.05, 3.63) is 101 Å². The van der Waals surface area contributed by atoms with Crippen LogP contribution in [0.3, 0.4) is 0 Å². The number of rotatable bonds is 13. The standard InChI is InChI=1S/C36H41NO9/c1-23-12-16-25(17-13-23)30(38)35(44,32(40)41)36(33(42)43,31(39)26-18-14-24(2)15-19-26)46-34(27-10-8-11-29(21-27)45-5)20-7-6-9-28(34)22-37(3)4/h8,10-19,21,28,44H,6-7,9,20,22H2,1-5H3,(H,40,41)(H,42,43)/t28-,34+,35?,36?/m0/s1. The summed E-state index contributed by atoms with van der Waals surface area (Å²) in [7, 11) is 5.14. The van der Waals surface area contributed by atoms with Crippen molar-refractivity contribution in [1.82, 2.24) is 4.90 Å². The molecule has 0 radical (unpaired) electrons. The summed E-state index contributed by atoms with van der Waals surface area (Å²) in [5.74, 6) is -7.28. The average Bonchev–Trinajstić information content (AvgIpc) is 3.03. The van der Waals surface area contributed by atoms with E-state index in [9.17, 15) is 34.5 Å². The van der Waals surface area contributed by atoms with Crippen molar-refractivity contribution in [2.24, 2.45) is 5.92 Å². The van der Waals surface area contributed by atoms with E-state index in [0.29, 0.717) is 30.7 Å². The molecule has 1 saturated carbocycles. The molecule has 0 amide bonds. The number of hydrogen-bond acceptors (Lipinski definition) is 8. The first kappa shape index (κ1) is 34.5. The molecule has 10 heteroatoms. The second-order valence-corrected chi connectivity index (χ2v) is 12.3.